The molecule has 3 rings (SSSR count). The van der Waals surface area contributed by atoms with Crippen molar-refractivity contribution >= 4 is 17.7 Å². The Labute approximate surface area is 143 Å². The quantitative estimate of drug-likeness (QED) is 0.840. The second-order valence-corrected chi connectivity index (χ2v) is 5.47. The number of rotatable bonds is 5. The highest BCUT2D eigenvalue weighted by Gasteiger charge is 2.36. The van der Waals surface area contributed by atoms with E-state index in [4.69, 9.17) is 4.74 Å². The van der Waals surface area contributed by atoms with E-state index in [1.54, 1.807) is 24.3 Å². The van der Waals surface area contributed by atoms with Crippen molar-refractivity contribution in [2.24, 2.45) is 0 Å². The Morgan fingerprint density at radius 3 is 2.36 bits per heavy atom. The van der Waals surface area contributed by atoms with E-state index in [1.165, 1.54) is 25.3 Å². The molecular weight excluding hydrogens is 327 g/mol. The first kappa shape index (κ1) is 16.6. The normalized spacial score (nSPS) is 13.0. The number of benzene rings is 2. The SMILES string of the molecule is COc1ccc(F)cc1CNC(=O)CN1C(=O)c2ccccc2C1=O. The van der Waals surface area contributed by atoms with Crippen LogP contribution in [0.3, 0.4) is 0 Å². The number of nitrogens with one attached hydrogen (secondary N) is 1. The molecule has 0 aromatic heterocycles. The Morgan fingerprint density at radius 2 is 1.76 bits per heavy atom. The molecule has 7 heteroatoms. The molecule has 1 aliphatic rings. The van der Waals surface area contributed by atoms with Crippen LogP contribution in [0.4, 0.5) is 4.39 Å². The summed E-state index contributed by atoms with van der Waals surface area (Å²) in [6.07, 6.45) is 0. The molecule has 2 aromatic rings. The fourth-order valence-corrected chi connectivity index (χ4v) is 2.66. The lowest BCUT2D eigenvalue weighted by atomic mass is 10.1. The van der Waals surface area contributed by atoms with Crippen molar-refractivity contribution in [1.29, 1.82) is 0 Å². The molecule has 1 aliphatic heterocycles. The predicted octanol–water partition coefficient (Wildman–Crippen LogP) is 1.75. The molecule has 128 valence electrons. The van der Waals surface area contributed by atoms with Crippen molar-refractivity contribution in [2.75, 3.05) is 13.7 Å². The molecule has 0 saturated carbocycles. The van der Waals surface area contributed by atoms with Gasteiger partial charge in [0.15, 0.2) is 0 Å². The highest BCUT2D eigenvalue weighted by Crippen LogP contribution is 2.22. The topological polar surface area (TPSA) is 75.7 Å². The van der Waals surface area contributed by atoms with Gasteiger partial charge < -0.3 is 10.1 Å². The molecular formula is C18H15FN2O4. The van der Waals surface area contributed by atoms with Crippen molar-refractivity contribution in [3.05, 3.63) is 65.0 Å². The van der Waals surface area contributed by atoms with Gasteiger partial charge >= 0.3 is 0 Å². The van der Waals surface area contributed by atoms with E-state index < -0.39 is 30.1 Å². The lowest BCUT2D eigenvalue weighted by molar-refractivity contribution is -0.121. The smallest absolute Gasteiger partial charge is 0.262 e. The van der Waals surface area contributed by atoms with E-state index in [0.717, 1.165) is 4.90 Å². The van der Waals surface area contributed by atoms with E-state index in [0.29, 0.717) is 11.3 Å². The number of amides is 3. The molecule has 2 aromatic carbocycles. The molecule has 0 fully saturated rings. The average molecular weight is 342 g/mol. The zero-order valence-corrected chi connectivity index (χ0v) is 13.4. The fourth-order valence-electron chi connectivity index (χ4n) is 2.66. The average Bonchev–Trinajstić information content (AvgIpc) is 2.85. The first-order chi connectivity index (χ1) is 12.0. The van der Waals surface area contributed by atoms with Gasteiger partial charge in [-0.05, 0) is 30.3 Å². The minimum Gasteiger partial charge on any atom is -0.496 e. The lowest BCUT2D eigenvalue weighted by Gasteiger charge is -2.14. The summed E-state index contributed by atoms with van der Waals surface area (Å²) in [6, 6.07) is 10.4. The Bertz CT molecular complexity index is 831. The largest absolute Gasteiger partial charge is 0.496 e. The molecule has 1 N–H and O–H groups in total. The van der Waals surface area contributed by atoms with Gasteiger partial charge in [0.1, 0.15) is 18.1 Å². The third-order valence-electron chi connectivity index (χ3n) is 3.90. The summed E-state index contributed by atoms with van der Waals surface area (Å²) in [5, 5.41) is 2.56. The Hall–Kier alpha value is -3.22. The number of imide groups is 1. The third-order valence-corrected chi connectivity index (χ3v) is 3.90. The van der Waals surface area contributed by atoms with Crippen LogP contribution in [0.5, 0.6) is 5.75 Å². The maximum Gasteiger partial charge on any atom is 0.262 e. The molecule has 0 aliphatic carbocycles. The van der Waals surface area contributed by atoms with Crippen molar-refractivity contribution in [3.8, 4) is 5.75 Å². The third kappa shape index (κ3) is 3.21. The molecule has 0 spiro atoms. The fraction of sp³-hybridized carbons (Fsp3) is 0.167. The lowest BCUT2D eigenvalue weighted by Crippen LogP contribution is -2.40. The summed E-state index contributed by atoms with van der Waals surface area (Å²) >= 11 is 0. The zero-order valence-electron chi connectivity index (χ0n) is 13.4. The molecule has 0 bridgehead atoms. The maximum absolute atomic E-state index is 13.3. The molecule has 25 heavy (non-hydrogen) atoms. The minimum atomic E-state index is -0.527. The van der Waals surface area contributed by atoms with Gasteiger partial charge in [0, 0.05) is 12.1 Å². The van der Waals surface area contributed by atoms with E-state index in [2.05, 4.69) is 5.32 Å². The summed E-state index contributed by atoms with van der Waals surface area (Å²) in [5.74, 6) is -1.55. The molecule has 0 radical (unpaired) electrons. The van der Waals surface area contributed by atoms with Crippen LogP contribution in [0.25, 0.3) is 0 Å². The molecule has 1 heterocycles. The van der Waals surface area contributed by atoms with Gasteiger partial charge in [-0.15, -0.1) is 0 Å². The number of hydrogen-bond donors (Lipinski definition) is 1. The summed E-state index contributed by atoms with van der Waals surface area (Å²) < 4.78 is 18.4. The number of carbonyl (C=O) groups excluding carboxylic acids is 3. The van der Waals surface area contributed by atoms with Gasteiger partial charge in [-0.3, -0.25) is 19.3 Å². The second kappa shape index (κ2) is 6.72. The van der Waals surface area contributed by atoms with Crippen LogP contribution in [-0.4, -0.2) is 36.3 Å². The molecule has 0 atom stereocenters. The second-order valence-electron chi connectivity index (χ2n) is 5.47. The van der Waals surface area contributed by atoms with Crippen molar-refractivity contribution in [3.63, 3.8) is 0 Å². The van der Waals surface area contributed by atoms with Gasteiger partial charge in [-0.1, -0.05) is 12.1 Å². The number of halogens is 1. The van der Waals surface area contributed by atoms with Gasteiger partial charge in [0.2, 0.25) is 5.91 Å². The van der Waals surface area contributed by atoms with Gasteiger partial charge in [0.05, 0.1) is 18.2 Å². The van der Waals surface area contributed by atoms with E-state index in [1.807, 2.05) is 0 Å². The summed E-state index contributed by atoms with van der Waals surface area (Å²) in [5.41, 5.74) is 1.03. The van der Waals surface area contributed by atoms with Gasteiger partial charge in [0.25, 0.3) is 11.8 Å². The van der Waals surface area contributed by atoms with Crippen LogP contribution in [-0.2, 0) is 11.3 Å². The first-order valence-electron chi connectivity index (χ1n) is 7.55. The van der Waals surface area contributed by atoms with Crippen LogP contribution in [0.2, 0.25) is 0 Å². The van der Waals surface area contributed by atoms with Crippen molar-refractivity contribution < 1.29 is 23.5 Å². The standard InChI is InChI=1S/C18H15FN2O4/c1-25-15-7-6-12(19)8-11(15)9-20-16(22)10-21-17(23)13-4-2-3-5-14(13)18(21)24/h2-8H,9-10H2,1H3,(H,20,22). The number of ether oxygens (including phenoxy) is 1. The van der Waals surface area contributed by atoms with Crippen molar-refractivity contribution in [1.82, 2.24) is 10.2 Å². The Morgan fingerprint density at radius 1 is 1.12 bits per heavy atom. The maximum atomic E-state index is 13.3. The molecule has 3 amide bonds. The first-order valence-corrected chi connectivity index (χ1v) is 7.55. The van der Waals surface area contributed by atoms with Crippen LogP contribution in [0.15, 0.2) is 42.5 Å². The van der Waals surface area contributed by atoms with E-state index in [9.17, 15) is 18.8 Å². The zero-order chi connectivity index (χ0) is 18.0. The number of methoxy groups -OCH3 is 1. The summed E-state index contributed by atoms with van der Waals surface area (Å²) in [4.78, 5) is 37.4. The number of fused-ring (bicyclic) bond motifs is 1. The van der Waals surface area contributed by atoms with Crippen LogP contribution in [0.1, 0.15) is 26.3 Å². The van der Waals surface area contributed by atoms with Crippen molar-refractivity contribution in [2.45, 2.75) is 6.54 Å². The highest BCUT2D eigenvalue weighted by molar-refractivity contribution is 6.22. The van der Waals surface area contributed by atoms with E-state index in [-0.39, 0.29) is 17.7 Å². The van der Waals surface area contributed by atoms with Crippen LogP contribution < -0.4 is 10.1 Å². The molecule has 0 saturated heterocycles. The monoisotopic (exact) mass is 342 g/mol. The molecule has 0 unspecified atom stereocenters. The Kier molecular flexibility index (Phi) is 4.47. The summed E-state index contributed by atoms with van der Waals surface area (Å²) in [7, 11) is 1.44. The summed E-state index contributed by atoms with van der Waals surface area (Å²) in [6.45, 7) is -0.382. The number of hydrogen-bond acceptors (Lipinski definition) is 4. The van der Waals surface area contributed by atoms with E-state index >= 15 is 0 Å². The highest BCUT2D eigenvalue weighted by atomic mass is 19.1. The number of carbonyl (C=O) groups is 3. The molecule has 6 nitrogen and oxygen atoms in total. The van der Waals surface area contributed by atoms with Crippen LogP contribution >= 0.6 is 0 Å². The number of nitrogens with zero attached hydrogens (tertiary/aromatic N) is 1. The van der Waals surface area contributed by atoms with Gasteiger partial charge in [-0.2, -0.15) is 0 Å². The van der Waals surface area contributed by atoms with Crippen LogP contribution in [0, 0.1) is 5.82 Å². The predicted molar refractivity (Wildman–Crippen MR) is 86.6 cm³/mol. The Balaban J connectivity index is 1.65. The van der Waals surface area contributed by atoms with Gasteiger partial charge in [-0.25, -0.2) is 4.39 Å². The minimum absolute atomic E-state index is 0.0168.